The van der Waals surface area contributed by atoms with E-state index < -0.39 is 0 Å². The molecule has 2 N–H and O–H groups in total. The number of pyridine rings is 1. The fraction of sp³-hybridized carbons (Fsp3) is 0.647. The Labute approximate surface area is 167 Å². The third-order valence-corrected chi connectivity index (χ3v) is 4.19. The van der Waals surface area contributed by atoms with Crippen molar-refractivity contribution in [3.8, 4) is 0 Å². The fourth-order valence-corrected chi connectivity index (χ4v) is 2.66. The maximum Gasteiger partial charge on any atom is 0.191 e. The van der Waals surface area contributed by atoms with Gasteiger partial charge in [-0.2, -0.15) is 0 Å². The highest BCUT2D eigenvalue weighted by atomic mass is 127. The second-order valence-electron chi connectivity index (χ2n) is 5.79. The van der Waals surface area contributed by atoms with Crippen molar-refractivity contribution in [3.63, 3.8) is 0 Å². The van der Waals surface area contributed by atoms with Crippen LogP contribution in [0.2, 0.25) is 5.15 Å². The van der Waals surface area contributed by atoms with Crippen LogP contribution in [-0.4, -0.2) is 54.6 Å². The standard InChI is InChI=1S/C17H28ClN5.HI/c1-3-19-17(21-11-12-23(4-2)15-6-7-15)20-10-9-14-5-8-16(18)22-13-14;/h5,8,13,15H,3-4,6-7,9-12H2,1-2H3,(H2,19,20,21);1H. The summed E-state index contributed by atoms with van der Waals surface area (Å²) in [6, 6.07) is 4.65. The lowest BCUT2D eigenvalue weighted by molar-refractivity contribution is 0.286. The van der Waals surface area contributed by atoms with E-state index in [1.165, 1.54) is 18.4 Å². The summed E-state index contributed by atoms with van der Waals surface area (Å²) in [7, 11) is 0. The van der Waals surface area contributed by atoms with Crippen LogP contribution < -0.4 is 10.6 Å². The minimum atomic E-state index is 0. The number of rotatable bonds is 9. The summed E-state index contributed by atoms with van der Waals surface area (Å²) in [5.74, 6) is 0.890. The van der Waals surface area contributed by atoms with Crippen molar-refractivity contribution in [3.05, 3.63) is 29.0 Å². The van der Waals surface area contributed by atoms with Crippen LogP contribution in [0.25, 0.3) is 0 Å². The van der Waals surface area contributed by atoms with Gasteiger partial charge in [0.25, 0.3) is 0 Å². The fourth-order valence-electron chi connectivity index (χ4n) is 2.55. The molecule has 1 saturated carbocycles. The van der Waals surface area contributed by atoms with Gasteiger partial charge in [0.1, 0.15) is 5.15 Å². The van der Waals surface area contributed by atoms with Crippen LogP contribution in [0.5, 0.6) is 0 Å². The quantitative estimate of drug-likeness (QED) is 0.255. The Morgan fingerprint density at radius 2 is 2.12 bits per heavy atom. The van der Waals surface area contributed by atoms with E-state index in [1.807, 2.05) is 18.3 Å². The number of hydrogen-bond donors (Lipinski definition) is 2. The topological polar surface area (TPSA) is 52.6 Å². The first kappa shape index (κ1) is 21.4. The second-order valence-corrected chi connectivity index (χ2v) is 6.17. The second kappa shape index (κ2) is 11.9. The van der Waals surface area contributed by atoms with Crippen molar-refractivity contribution in [1.29, 1.82) is 0 Å². The molecule has 1 heterocycles. The van der Waals surface area contributed by atoms with Crippen molar-refractivity contribution in [1.82, 2.24) is 20.5 Å². The number of aliphatic imine (C=N–C) groups is 1. The van der Waals surface area contributed by atoms with Crippen LogP contribution in [0.1, 0.15) is 32.3 Å². The summed E-state index contributed by atoms with van der Waals surface area (Å²) in [4.78, 5) is 11.3. The minimum absolute atomic E-state index is 0. The van der Waals surface area contributed by atoms with Gasteiger partial charge >= 0.3 is 0 Å². The molecule has 2 rings (SSSR count). The first-order valence-corrected chi connectivity index (χ1v) is 8.97. The highest BCUT2D eigenvalue weighted by Gasteiger charge is 2.27. The monoisotopic (exact) mass is 465 g/mol. The summed E-state index contributed by atoms with van der Waals surface area (Å²) in [6.07, 6.45) is 5.43. The Kier molecular flexibility index (Phi) is 10.6. The van der Waals surface area contributed by atoms with E-state index in [9.17, 15) is 0 Å². The maximum absolute atomic E-state index is 5.80. The van der Waals surface area contributed by atoms with Crippen LogP contribution in [-0.2, 0) is 6.42 Å². The lowest BCUT2D eigenvalue weighted by Gasteiger charge is -2.19. The molecule has 0 atom stereocenters. The van der Waals surface area contributed by atoms with E-state index in [-0.39, 0.29) is 24.0 Å². The van der Waals surface area contributed by atoms with E-state index in [0.717, 1.165) is 51.1 Å². The third-order valence-electron chi connectivity index (χ3n) is 3.97. The largest absolute Gasteiger partial charge is 0.357 e. The number of guanidine groups is 1. The summed E-state index contributed by atoms with van der Waals surface area (Å²) in [5, 5.41) is 7.21. The zero-order valence-electron chi connectivity index (χ0n) is 14.6. The van der Waals surface area contributed by atoms with Crippen LogP contribution >= 0.6 is 35.6 Å². The number of aromatic nitrogens is 1. The highest BCUT2D eigenvalue weighted by Crippen LogP contribution is 2.25. The molecular weight excluding hydrogens is 437 g/mol. The molecule has 1 aromatic heterocycles. The van der Waals surface area contributed by atoms with Gasteiger partial charge in [-0.3, -0.25) is 9.89 Å². The molecule has 1 aliphatic rings. The lowest BCUT2D eigenvalue weighted by atomic mass is 10.2. The molecule has 0 unspecified atom stereocenters. The lowest BCUT2D eigenvalue weighted by Crippen LogP contribution is -2.39. The number of hydrogen-bond acceptors (Lipinski definition) is 3. The molecule has 0 spiro atoms. The normalized spacial score (nSPS) is 14.4. The van der Waals surface area contributed by atoms with Crippen LogP contribution in [0, 0.1) is 0 Å². The predicted molar refractivity (Wildman–Crippen MR) is 113 cm³/mol. The molecule has 136 valence electrons. The molecule has 5 nitrogen and oxygen atoms in total. The van der Waals surface area contributed by atoms with Gasteiger partial charge in [-0.1, -0.05) is 24.6 Å². The maximum atomic E-state index is 5.80. The van der Waals surface area contributed by atoms with Gasteiger partial charge in [0, 0.05) is 31.9 Å². The van der Waals surface area contributed by atoms with E-state index >= 15 is 0 Å². The molecule has 1 fully saturated rings. The summed E-state index contributed by atoms with van der Waals surface area (Å²) in [6.45, 7) is 9.01. The molecule has 0 amide bonds. The average molecular weight is 466 g/mol. The van der Waals surface area contributed by atoms with Gasteiger partial charge in [-0.15, -0.1) is 24.0 Å². The zero-order valence-corrected chi connectivity index (χ0v) is 17.7. The van der Waals surface area contributed by atoms with E-state index in [1.54, 1.807) is 0 Å². The minimum Gasteiger partial charge on any atom is -0.357 e. The molecule has 0 saturated heterocycles. The first-order chi connectivity index (χ1) is 11.2. The third kappa shape index (κ3) is 7.98. The van der Waals surface area contributed by atoms with E-state index in [0.29, 0.717) is 5.15 Å². The van der Waals surface area contributed by atoms with Gasteiger partial charge in [0.15, 0.2) is 5.96 Å². The van der Waals surface area contributed by atoms with Gasteiger partial charge < -0.3 is 10.6 Å². The number of halogens is 2. The highest BCUT2D eigenvalue weighted by molar-refractivity contribution is 14.0. The number of likely N-dealkylation sites (N-methyl/N-ethyl adjacent to an activating group) is 1. The van der Waals surface area contributed by atoms with Crippen molar-refractivity contribution in [2.45, 2.75) is 39.2 Å². The molecule has 1 aromatic rings. The molecule has 0 bridgehead atoms. The molecule has 0 radical (unpaired) electrons. The summed E-state index contributed by atoms with van der Waals surface area (Å²) in [5.41, 5.74) is 1.17. The van der Waals surface area contributed by atoms with Crippen molar-refractivity contribution >= 4 is 41.5 Å². The van der Waals surface area contributed by atoms with Gasteiger partial charge in [-0.25, -0.2) is 4.98 Å². The molecule has 1 aliphatic carbocycles. The predicted octanol–water partition coefficient (Wildman–Crippen LogP) is 2.93. The van der Waals surface area contributed by atoms with Gasteiger partial charge in [0.05, 0.1) is 6.54 Å². The molecule has 0 aromatic carbocycles. The first-order valence-electron chi connectivity index (χ1n) is 8.59. The molecule has 7 heteroatoms. The average Bonchev–Trinajstić information content (AvgIpc) is 3.38. The molecule has 0 aliphatic heterocycles. The Balaban J connectivity index is 0.00000288. The Hall–Kier alpha value is -0.600. The van der Waals surface area contributed by atoms with Crippen LogP contribution in [0.15, 0.2) is 23.3 Å². The van der Waals surface area contributed by atoms with Crippen LogP contribution in [0.3, 0.4) is 0 Å². The van der Waals surface area contributed by atoms with Gasteiger partial charge in [-0.05, 0) is 44.4 Å². The molecular formula is C17H29ClIN5. The Bertz CT molecular complexity index is 490. The van der Waals surface area contributed by atoms with Crippen molar-refractivity contribution in [2.75, 3.05) is 32.7 Å². The van der Waals surface area contributed by atoms with Crippen LogP contribution in [0.4, 0.5) is 0 Å². The summed E-state index contributed by atoms with van der Waals surface area (Å²) >= 11 is 5.80. The van der Waals surface area contributed by atoms with Crippen molar-refractivity contribution < 1.29 is 0 Å². The van der Waals surface area contributed by atoms with E-state index in [2.05, 4.69) is 39.4 Å². The smallest absolute Gasteiger partial charge is 0.191 e. The molecule has 24 heavy (non-hydrogen) atoms. The summed E-state index contributed by atoms with van der Waals surface area (Å²) < 4.78 is 0. The number of nitrogens with zero attached hydrogens (tertiary/aromatic N) is 3. The Morgan fingerprint density at radius 1 is 1.33 bits per heavy atom. The SMILES string of the molecule is CCNC(=NCCN(CC)C1CC1)NCCc1ccc(Cl)nc1.I. The van der Waals surface area contributed by atoms with Crippen molar-refractivity contribution in [2.24, 2.45) is 4.99 Å². The number of nitrogens with one attached hydrogen (secondary N) is 2. The van der Waals surface area contributed by atoms with Gasteiger partial charge in [0.2, 0.25) is 0 Å². The van der Waals surface area contributed by atoms with E-state index in [4.69, 9.17) is 11.6 Å². The Morgan fingerprint density at radius 3 is 2.71 bits per heavy atom. The zero-order chi connectivity index (χ0) is 16.5.